The molecule has 0 spiro atoms. The van der Waals surface area contributed by atoms with E-state index in [-0.39, 0.29) is 22.8 Å². The second-order valence-electron chi connectivity index (χ2n) is 8.71. The molecule has 2 aliphatic rings. The van der Waals surface area contributed by atoms with Crippen LogP contribution in [0.4, 0.5) is 5.00 Å². The first kappa shape index (κ1) is 23.9. The van der Waals surface area contributed by atoms with Gasteiger partial charge in [-0.15, -0.1) is 11.3 Å². The van der Waals surface area contributed by atoms with Gasteiger partial charge in [0.05, 0.1) is 10.5 Å². The Bertz CT molecular complexity index is 1160. The molecule has 2 amide bonds. The Kier molecular flexibility index (Phi) is 6.90. The number of nitrogens with one attached hydrogen (secondary N) is 2. The Balaban J connectivity index is 1.56. The molecule has 0 radical (unpaired) electrons. The zero-order valence-electron chi connectivity index (χ0n) is 19.2. The highest BCUT2D eigenvalue weighted by Crippen LogP contribution is 2.37. The molecule has 2 aliphatic heterocycles. The predicted molar refractivity (Wildman–Crippen MR) is 129 cm³/mol. The zero-order chi connectivity index (χ0) is 23.8. The van der Waals surface area contributed by atoms with Crippen molar-refractivity contribution in [1.82, 2.24) is 14.5 Å². The number of piperidine rings is 1. The van der Waals surface area contributed by atoms with Gasteiger partial charge < -0.3 is 15.5 Å². The molecule has 4 rings (SSSR count). The summed E-state index contributed by atoms with van der Waals surface area (Å²) in [6.07, 6.45) is 3.50. The van der Waals surface area contributed by atoms with Crippen molar-refractivity contribution < 1.29 is 18.0 Å². The number of hydrogen-bond acceptors (Lipinski definition) is 6. The SMILES string of the molecule is CNC(=O)c1c(NC(=O)c2ccc(S(=O)(=O)N3CCCC[C@@H]3C)cc2)sc2c1CCN(C)C2. The summed E-state index contributed by atoms with van der Waals surface area (Å²) in [7, 11) is 0.0120. The minimum absolute atomic E-state index is 0.0289. The van der Waals surface area contributed by atoms with Crippen LogP contribution >= 0.6 is 11.3 Å². The highest BCUT2D eigenvalue weighted by Gasteiger charge is 2.31. The van der Waals surface area contributed by atoms with E-state index in [0.717, 1.165) is 49.2 Å². The second-order valence-corrected chi connectivity index (χ2v) is 11.7. The van der Waals surface area contributed by atoms with E-state index in [2.05, 4.69) is 15.5 Å². The number of likely N-dealkylation sites (N-methyl/N-ethyl adjacent to an activating group) is 1. The van der Waals surface area contributed by atoms with Crippen molar-refractivity contribution in [2.45, 2.75) is 50.1 Å². The van der Waals surface area contributed by atoms with Gasteiger partial charge in [0.1, 0.15) is 5.00 Å². The van der Waals surface area contributed by atoms with E-state index < -0.39 is 10.0 Å². The molecule has 8 nitrogen and oxygen atoms in total. The van der Waals surface area contributed by atoms with E-state index >= 15 is 0 Å². The molecular formula is C23H30N4O4S2. The van der Waals surface area contributed by atoms with Crippen LogP contribution in [-0.2, 0) is 23.0 Å². The van der Waals surface area contributed by atoms with Crippen LogP contribution in [0.25, 0.3) is 0 Å². The molecule has 0 saturated carbocycles. The van der Waals surface area contributed by atoms with Crippen LogP contribution in [0.1, 0.15) is 57.3 Å². The van der Waals surface area contributed by atoms with Crippen molar-refractivity contribution in [3.05, 3.63) is 45.8 Å². The average molecular weight is 491 g/mol. The molecule has 1 atom stereocenters. The maximum absolute atomic E-state index is 13.0. The third-order valence-electron chi connectivity index (χ3n) is 6.39. The molecule has 1 aromatic heterocycles. The topological polar surface area (TPSA) is 98.8 Å². The lowest BCUT2D eigenvalue weighted by molar-refractivity contribution is 0.0962. The Morgan fingerprint density at radius 2 is 1.82 bits per heavy atom. The van der Waals surface area contributed by atoms with Crippen LogP contribution < -0.4 is 10.6 Å². The molecule has 0 bridgehead atoms. The minimum atomic E-state index is -3.60. The molecule has 0 unspecified atom stereocenters. The van der Waals surface area contributed by atoms with Crippen molar-refractivity contribution in [3.8, 4) is 0 Å². The van der Waals surface area contributed by atoms with Gasteiger partial charge in [-0.1, -0.05) is 6.42 Å². The van der Waals surface area contributed by atoms with Crippen molar-refractivity contribution >= 4 is 38.2 Å². The molecule has 1 saturated heterocycles. The molecule has 2 N–H and O–H groups in total. The lowest BCUT2D eigenvalue weighted by atomic mass is 10.0. The first-order valence-corrected chi connectivity index (χ1v) is 13.5. The van der Waals surface area contributed by atoms with Crippen molar-refractivity contribution in [3.63, 3.8) is 0 Å². The molecule has 1 aromatic carbocycles. The van der Waals surface area contributed by atoms with Crippen LogP contribution in [-0.4, -0.2) is 62.7 Å². The number of thiophene rings is 1. The van der Waals surface area contributed by atoms with Gasteiger partial charge >= 0.3 is 0 Å². The standard InChI is InChI=1S/C23H30N4O4S2/c1-15-6-4-5-12-27(15)33(30,31)17-9-7-16(8-10-17)21(28)25-23-20(22(29)24-2)18-11-13-26(3)14-19(18)32-23/h7-10,15H,4-6,11-14H2,1-3H3,(H,24,29)(H,25,28)/t15-/m0/s1. The summed E-state index contributed by atoms with van der Waals surface area (Å²) < 4.78 is 27.6. The zero-order valence-corrected chi connectivity index (χ0v) is 20.8. The first-order valence-electron chi connectivity index (χ1n) is 11.2. The molecule has 1 fully saturated rings. The summed E-state index contributed by atoms with van der Waals surface area (Å²) in [5.74, 6) is -0.591. The fraction of sp³-hybridized carbons (Fsp3) is 0.478. The van der Waals surface area contributed by atoms with E-state index in [0.29, 0.717) is 22.7 Å². The van der Waals surface area contributed by atoms with Gasteiger partial charge in [0.2, 0.25) is 10.0 Å². The number of fused-ring (bicyclic) bond motifs is 1. The van der Waals surface area contributed by atoms with E-state index in [1.807, 2.05) is 14.0 Å². The van der Waals surface area contributed by atoms with Crippen molar-refractivity contribution in [2.75, 3.05) is 32.5 Å². The molecule has 0 aliphatic carbocycles. The summed E-state index contributed by atoms with van der Waals surface area (Å²) in [5, 5.41) is 6.08. The Morgan fingerprint density at radius 1 is 1.09 bits per heavy atom. The number of sulfonamides is 1. The number of nitrogens with zero attached hydrogens (tertiary/aromatic N) is 2. The minimum Gasteiger partial charge on any atom is -0.355 e. The van der Waals surface area contributed by atoms with E-state index in [1.165, 1.54) is 35.6 Å². The molecule has 178 valence electrons. The summed E-state index contributed by atoms with van der Waals surface area (Å²) >= 11 is 1.42. The van der Waals surface area contributed by atoms with Gasteiger partial charge in [0.15, 0.2) is 0 Å². The first-order chi connectivity index (χ1) is 15.7. The smallest absolute Gasteiger partial charge is 0.256 e. The van der Waals surface area contributed by atoms with Gasteiger partial charge in [-0.25, -0.2) is 8.42 Å². The van der Waals surface area contributed by atoms with Crippen LogP contribution in [0.5, 0.6) is 0 Å². The lowest BCUT2D eigenvalue weighted by Crippen LogP contribution is -2.41. The molecular weight excluding hydrogens is 460 g/mol. The number of benzene rings is 1. The predicted octanol–water partition coefficient (Wildman–Crippen LogP) is 2.91. The maximum atomic E-state index is 13.0. The van der Waals surface area contributed by atoms with Crippen LogP contribution in [0.15, 0.2) is 29.2 Å². The van der Waals surface area contributed by atoms with E-state index in [1.54, 1.807) is 11.4 Å². The number of amides is 2. The fourth-order valence-corrected chi connectivity index (χ4v) is 7.52. The Labute approximate surface area is 199 Å². The van der Waals surface area contributed by atoms with Gasteiger partial charge in [0, 0.05) is 43.2 Å². The van der Waals surface area contributed by atoms with Crippen LogP contribution in [0.3, 0.4) is 0 Å². The Hall–Kier alpha value is -2.27. The summed E-state index contributed by atoms with van der Waals surface area (Å²) in [4.78, 5) is 29.0. The maximum Gasteiger partial charge on any atom is 0.256 e. The molecule has 33 heavy (non-hydrogen) atoms. The fourth-order valence-electron chi connectivity index (χ4n) is 4.50. The Morgan fingerprint density at radius 3 is 2.48 bits per heavy atom. The van der Waals surface area contributed by atoms with Gasteiger partial charge in [-0.3, -0.25) is 9.59 Å². The monoisotopic (exact) mass is 490 g/mol. The number of hydrogen-bond donors (Lipinski definition) is 2. The molecule has 3 heterocycles. The lowest BCUT2D eigenvalue weighted by Gasteiger charge is -2.32. The molecule has 10 heteroatoms. The van der Waals surface area contributed by atoms with Gasteiger partial charge in [-0.2, -0.15) is 4.31 Å². The molecule has 2 aromatic rings. The number of anilines is 1. The third kappa shape index (κ3) is 4.70. The van der Waals surface area contributed by atoms with E-state index in [4.69, 9.17) is 0 Å². The summed E-state index contributed by atoms with van der Waals surface area (Å²) in [6.45, 7) is 4.04. The van der Waals surface area contributed by atoms with Gasteiger partial charge in [-0.05, 0) is 63.1 Å². The highest BCUT2D eigenvalue weighted by atomic mass is 32.2. The average Bonchev–Trinajstić information content (AvgIpc) is 3.15. The number of carbonyl (C=O) groups excluding carboxylic acids is 2. The van der Waals surface area contributed by atoms with Crippen molar-refractivity contribution in [1.29, 1.82) is 0 Å². The quantitative estimate of drug-likeness (QED) is 0.672. The van der Waals surface area contributed by atoms with Crippen molar-refractivity contribution in [2.24, 2.45) is 0 Å². The highest BCUT2D eigenvalue weighted by molar-refractivity contribution is 7.89. The number of carbonyl (C=O) groups is 2. The normalized spacial score (nSPS) is 19.7. The number of rotatable bonds is 5. The van der Waals surface area contributed by atoms with E-state index in [9.17, 15) is 18.0 Å². The largest absolute Gasteiger partial charge is 0.355 e. The van der Waals surface area contributed by atoms with Crippen LogP contribution in [0.2, 0.25) is 0 Å². The van der Waals surface area contributed by atoms with Gasteiger partial charge in [0.25, 0.3) is 11.8 Å². The summed E-state index contributed by atoms with van der Waals surface area (Å²) in [5.41, 5.74) is 1.86. The summed E-state index contributed by atoms with van der Waals surface area (Å²) in [6, 6.07) is 5.99. The van der Waals surface area contributed by atoms with Crippen LogP contribution in [0, 0.1) is 0 Å². The third-order valence-corrected chi connectivity index (χ3v) is 9.55. The second kappa shape index (κ2) is 9.54.